The Morgan fingerprint density at radius 2 is 1.41 bits per heavy atom. The van der Waals surface area contributed by atoms with Crippen molar-refractivity contribution in [3.8, 4) is 0 Å². The van der Waals surface area contributed by atoms with Crippen molar-refractivity contribution < 1.29 is 9.59 Å². The van der Waals surface area contributed by atoms with E-state index in [0.29, 0.717) is 24.2 Å². The van der Waals surface area contributed by atoms with Gasteiger partial charge in [0, 0.05) is 61.8 Å². The van der Waals surface area contributed by atoms with Crippen LogP contribution in [0.3, 0.4) is 0 Å². The first-order valence-electron chi connectivity index (χ1n) is 10.3. The number of anilines is 2. The summed E-state index contributed by atoms with van der Waals surface area (Å²) >= 11 is 0. The maximum atomic E-state index is 12.5. The number of carbonyl (C=O) groups excluding carboxylic acids is 2. The molecular formula is C23H30N4O2. The highest BCUT2D eigenvalue weighted by Crippen LogP contribution is 2.20. The minimum atomic E-state index is -0.181. The molecule has 0 radical (unpaired) electrons. The molecule has 29 heavy (non-hydrogen) atoms. The van der Waals surface area contributed by atoms with Crippen molar-refractivity contribution in [2.75, 3.05) is 56.5 Å². The van der Waals surface area contributed by atoms with Crippen LogP contribution in [-0.4, -0.2) is 67.9 Å². The lowest BCUT2D eigenvalue weighted by molar-refractivity contribution is 0.0772. The van der Waals surface area contributed by atoms with Gasteiger partial charge in [-0.1, -0.05) is 0 Å². The lowest BCUT2D eigenvalue weighted by Gasteiger charge is -2.34. The van der Waals surface area contributed by atoms with Crippen LogP contribution in [0.2, 0.25) is 0 Å². The number of carbonyl (C=O) groups is 2. The number of benzene rings is 2. The molecule has 0 atom stereocenters. The van der Waals surface area contributed by atoms with Gasteiger partial charge in [-0.2, -0.15) is 0 Å². The van der Waals surface area contributed by atoms with E-state index in [1.807, 2.05) is 38.1 Å². The van der Waals surface area contributed by atoms with Crippen LogP contribution >= 0.6 is 0 Å². The molecule has 0 bridgehead atoms. The lowest BCUT2D eigenvalue weighted by atomic mass is 10.1. The quantitative estimate of drug-likeness (QED) is 0.818. The van der Waals surface area contributed by atoms with Crippen LogP contribution in [0.15, 0.2) is 48.5 Å². The molecule has 1 N–H and O–H groups in total. The van der Waals surface area contributed by atoms with E-state index in [2.05, 4.69) is 22.2 Å². The van der Waals surface area contributed by atoms with Crippen LogP contribution in [0.25, 0.3) is 0 Å². The van der Waals surface area contributed by atoms with Crippen molar-refractivity contribution in [3.63, 3.8) is 0 Å². The van der Waals surface area contributed by atoms with Gasteiger partial charge in [-0.15, -0.1) is 0 Å². The Morgan fingerprint density at radius 1 is 0.862 bits per heavy atom. The Hall–Kier alpha value is -2.86. The first-order chi connectivity index (χ1) is 14.0. The van der Waals surface area contributed by atoms with Gasteiger partial charge in [-0.05, 0) is 69.4 Å². The summed E-state index contributed by atoms with van der Waals surface area (Å²) in [4.78, 5) is 31.4. The average Bonchev–Trinajstić information content (AvgIpc) is 2.76. The molecule has 1 aliphatic heterocycles. The molecular weight excluding hydrogens is 364 g/mol. The molecule has 0 aliphatic carbocycles. The molecule has 1 aliphatic rings. The molecule has 0 saturated carbocycles. The first-order valence-corrected chi connectivity index (χ1v) is 10.3. The van der Waals surface area contributed by atoms with Gasteiger partial charge in [-0.3, -0.25) is 9.59 Å². The fourth-order valence-electron chi connectivity index (χ4n) is 3.48. The number of nitrogens with zero attached hydrogens (tertiary/aromatic N) is 3. The summed E-state index contributed by atoms with van der Waals surface area (Å²) in [5.41, 5.74) is 3.07. The third-order valence-electron chi connectivity index (χ3n) is 5.44. The molecule has 3 rings (SSSR count). The number of nitrogens with one attached hydrogen (secondary N) is 1. The summed E-state index contributed by atoms with van der Waals surface area (Å²) in [6, 6.07) is 14.8. The second kappa shape index (κ2) is 9.56. The molecule has 2 aromatic rings. The van der Waals surface area contributed by atoms with Crippen LogP contribution in [0.4, 0.5) is 11.4 Å². The van der Waals surface area contributed by atoms with E-state index in [0.717, 1.165) is 31.9 Å². The maximum absolute atomic E-state index is 12.5. The summed E-state index contributed by atoms with van der Waals surface area (Å²) in [6.45, 7) is 9.40. The summed E-state index contributed by atoms with van der Waals surface area (Å²) in [6.07, 6.45) is 0. The number of hydrogen-bond acceptors (Lipinski definition) is 4. The van der Waals surface area contributed by atoms with Gasteiger partial charge < -0.3 is 20.0 Å². The summed E-state index contributed by atoms with van der Waals surface area (Å²) in [5.74, 6) is -0.194. The third kappa shape index (κ3) is 5.15. The fraction of sp³-hybridized carbons (Fsp3) is 0.391. The molecule has 1 fully saturated rings. The zero-order chi connectivity index (χ0) is 20.8. The monoisotopic (exact) mass is 394 g/mol. The molecule has 1 saturated heterocycles. The molecule has 1 heterocycles. The van der Waals surface area contributed by atoms with Gasteiger partial charge in [0.05, 0.1) is 0 Å². The third-order valence-corrected chi connectivity index (χ3v) is 5.44. The van der Waals surface area contributed by atoms with Crippen LogP contribution in [0.1, 0.15) is 34.6 Å². The normalized spacial score (nSPS) is 14.5. The Balaban J connectivity index is 1.60. The van der Waals surface area contributed by atoms with E-state index < -0.39 is 0 Å². The van der Waals surface area contributed by atoms with Crippen molar-refractivity contribution in [2.24, 2.45) is 0 Å². The predicted octanol–water partition coefficient (Wildman–Crippen LogP) is 3.17. The largest absolute Gasteiger partial charge is 0.369 e. The minimum absolute atomic E-state index is 0.0125. The summed E-state index contributed by atoms with van der Waals surface area (Å²) in [5, 5.41) is 2.93. The predicted molar refractivity (Wildman–Crippen MR) is 118 cm³/mol. The standard InChI is InChI=1S/C23H30N4O2/c1-4-26(5-2)23(29)19-8-6-18(7-9-19)22(28)24-20-10-12-21(13-11-20)27-16-14-25(3)15-17-27/h6-13H,4-5,14-17H2,1-3H3,(H,24,28). The van der Waals surface area contributed by atoms with Gasteiger partial charge in [0.15, 0.2) is 0 Å². The van der Waals surface area contributed by atoms with E-state index in [1.165, 1.54) is 5.69 Å². The highest BCUT2D eigenvalue weighted by atomic mass is 16.2. The smallest absolute Gasteiger partial charge is 0.255 e. The maximum Gasteiger partial charge on any atom is 0.255 e. The topological polar surface area (TPSA) is 55.9 Å². The summed E-state index contributed by atoms with van der Waals surface area (Å²) in [7, 11) is 2.14. The number of hydrogen-bond donors (Lipinski definition) is 1. The zero-order valence-corrected chi connectivity index (χ0v) is 17.5. The lowest BCUT2D eigenvalue weighted by Crippen LogP contribution is -2.44. The van der Waals surface area contributed by atoms with Gasteiger partial charge in [0.1, 0.15) is 0 Å². The number of piperazine rings is 1. The van der Waals surface area contributed by atoms with Gasteiger partial charge >= 0.3 is 0 Å². The van der Waals surface area contributed by atoms with Crippen molar-refractivity contribution in [1.82, 2.24) is 9.80 Å². The van der Waals surface area contributed by atoms with Crippen LogP contribution in [0.5, 0.6) is 0 Å². The Bertz CT molecular complexity index is 821. The second-order valence-corrected chi connectivity index (χ2v) is 7.35. The van der Waals surface area contributed by atoms with Crippen molar-refractivity contribution >= 4 is 23.2 Å². The minimum Gasteiger partial charge on any atom is -0.369 e. The Morgan fingerprint density at radius 3 is 1.97 bits per heavy atom. The molecule has 2 aromatic carbocycles. The highest BCUT2D eigenvalue weighted by Gasteiger charge is 2.15. The number of rotatable bonds is 6. The average molecular weight is 395 g/mol. The van der Waals surface area contributed by atoms with Gasteiger partial charge in [0.2, 0.25) is 0 Å². The molecule has 6 heteroatoms. The highest BCUT2D eigenvalue weighted by molar-refractivity contribution is 6.05. The van der Waals surface area contributed by atoms with Crippen molar-refractivity contribution in [1.29, 1.82) is 0 Å². The van der Waals surface area contributed by atoms with Gasteiger partial charge in [-0.25, -0.2) is 0 Å². The van der Waals surface area contributed by atoms with Crippen LogP contribution < -0.4 is 10.2 Å². The molecule has 6 nitrogen and oxygen atoms in total. The van der Waals surface area contributed by atoms with E-state index in [-0.39, 0.29) is 11.8 Å². The van der Waals surface area contributed by atoms with Crippen LogP contribution in [0, 0.1) is 0 Å². The Kier molecular flexibility index (Phi) is 6.88. The molecule has 0 spiro atoms. The van der Waals surface area contributed by atoms with E-state index >= 15 is 0 Å². The molecule has 154 valence electrons. The van der Waals surface area contributed by atoms with E-state index in [1.54, 1.807) is 29.2 Å². The zero-order valence-electron chi connectivity index (χ0n) is 17.5. The molecule has 2 amide bonds. The Labute approximate surface area is 173 Å². The van der Waals surface area contributed by atoms with Crippen LogP contribution in [-0.2, 0) is 0 Å². The number of amides is 2. The molecule has 0 unspecified atom stereocenters. The van der Waals surface area contributed by atoms with Crippen molar-refractivity contribution in [2.45, 2.75) is 13.8 Å². The summed E-state index contributed by atoms with van der Waals surface area (Å²) < 4.78 is 0. The first kappa shape index (κ1) is 20.9. The SMILES string of the molecule is CCN(CC)C(=O)c1ccc(C(=O)Nc2ccc(N3CCN(C)CC3)cc2)cc1. The number of likely N-dealkylation sites (N-methyl/N-ethyl adjacent to an activating group) is 1. The fourth-order valence-corrected chi connectivity index (χ4v) is 3.48. The van der Waals surface area contributed by atoms with E-state index in [9.17, 15) is 9.59 Å². The van der Waals surface area contributed by atoms with E-state index in [4.69, 9.17) is 0 Å². The van der Waals surface area contributed by atoms with Crippen molar-refractivity contribution in [3.05, 3.63) is 59.7 Å². The van der Waals surface area contributed by atoms with Gasteiger partial charge in [0.25, 0.3) is 11.8 Å². The second-order valence-electron chi connectivity index (χ2n) is 7.35. The molecule has 0 aromatic heterocycles.